The summed E-state index contributed by atoms with van der Waals surface area (Å²) >= 11 is 0. The van der Waals surface area contributed by atoms with Crippen molar-refractivity contribution in [3.63, 3.8) is 0 Å². The number of rotatable bonds is 10. The summed E-state index contributed by atoms with van der Waals surface area (Å²) in [5, 5.41) is 17.8. The number of imidazole rings is 1. The van der Waals surface area contributed by atoms with Crippen LogP contribution in [0.25, 0.3) is 43.5 Å². The quantitative estimate of drug-likeness (QED) is 0.137. The molecule has 0 bridgehead atoms. The largest absolute Gasteiger partial charge is 0.756 e. The minimum absolute atomic E-state index is 0.00937. The van der Waals surface area contributed by atoms with Crippen LogP contribution in [0.3, 0.4) is 0 Å². The number of aromatic nitrogens is 4. The van der Waals surface area contributed by atoms with Gasteiger partial charge in [-0.3, -0.25) is 13.9 Å². The van der Waals surface area contributed by atoms with Crippen molar-refractivity contribution in [3.8, 4) is 0 Å². The monoisotopic (exact) mass is 587 g/mol. The normalized spacial score (nSPS) is 20.8. The van der Waals surface area contributed by atoms with Crippen molar-refractivity contribution < 1.29 is 28.3 Å². The number of phosphoric acid groups is 1. The van der Waals surface area contributed by atoms with Crippen LogP contribution in [-0.4, -0.2) is 50.0 Å². The number of aliphatic hydroxyl groups excluding tert-OH is 1. The fourth-order valence-electron chi connectivity index (χ4n) is 5.92. The number of ether oxygens (including phenoxy) is 1. The molecule has 2 aromatic heterocycles. The first-order chi connectivity index (χ1) is 20.4. The molecule has 2 unspecified atom stereocenters. The van der Waals surface area contributed by atoms with E-state index in [1.165, 1.54) is 55.1 Å². The average molecular weight is 588 g/mol. The molecule has 12 heteroatoms. The summed E-state index contributed by atoms with van der Waals surface area (Å²) < 4.78 is 29.9. The van der Waals surface area contributed by atoms with Crippen molar-refractivity contribution in [2.45, 2.75) is 44.1 Å². The molecule has 4 aromatic carbocycles. The molecule has 3 heterocycles. The Morgan fingerprint density at radius 1 is 1.02 bits per heavy atom. The van der Waals surface area contributed by atoms with Crippen molar-refractivity contribution in [3.05, 3.63) is 83.2 Å². The van der Waals surface area contributed by atoms with E-state index in [9.17, 15) is 19.4 Å². The van der Waals surface area contributed by atoms with Crippen molar-refractivity contribution in [1.82, 2.24) is 19.5 Å². The number of H-pyrrole nitrogens is 1. The standard InChI is InChI=1S/C30H29N4O7P/c35-23-14-25(34-17-33-28-29(34)31-16-32-30(28)36)41-24(23)15-40-42(37,38)39-13-2-1-4-18-7-8-21-10-9-19-5-3-6-20-11-12-22(18)27(21)26(19)20/h3,5-12,16-17,23-25,35H,1-2,4,13-15H2,(H,37,38)(H,31,32,36)/p-1/t23?,24-,25-/m1/s1. The van der Waals surface area contributed by atoms with Gasteiger partial charge in [0.25, 0.3) is 13.4 Å². The minimum atomic E-state index is -4.61. The average Bonchev–Trinajstić information content (AvgIpc) is 3.59. The Bertz CT molecular complexity index is 1990. The lowest BCUT2D eigenvalue weighted by Gasteiger charge is -2.25. The smallest absolute Gasteiger partial charge is 0.278 e. The molecule has 7 rings (SSSR count). The third kappa shape index (κ3) is 4.98. The predicted molar refractivity (Wildman–Crippen MR) is 155 cm³/mol. The molecule has 216 valence electrons. The summed E-state index contributed by atoms with van der Waals surface area (Å²) in [5.74, 6) is 0. The number of nitrogens with one attached hydrogen (secondary N) is 1. The highest BCUT2D eigenvalue weighted by Crippen LogP contribution is 2.41. The molecule has 1 aliphatic rings. The van der Waals surface area contributed by atoms with Crippen molar-refractivity contribution >= 4 is 51.3 Å². The van der Waals surface area contributed by atoms with Gasteiger partial charge < -0.3 is 28.8 Å². The van der Waals surface area contributed by atoms with Gasteiger partial charge in [-0.2, -0.15) is 0 Å². The zero-order chi connectivity index (χ0) is 28.8. The lowest BCUT2D eigenvalue weighted by atomic mass is 9.91. The van der Waals surface area contributed by atoms with Gasteiger partial charge in [-0.1, -0.05) is 54.6 Å². The van der Waals surface area contributed by atoms with E-state index in [0.29, 0.717) is 12.1 Å². The predicted octanol–water partition coefficient (Wildman–Crippen LogP) is 4.19. The lowest BCUT2D eigenvalue weighted by Crippen LogP contribution is -2.27. The van der Waals surface area contributed by atoms with Crippen LogP contribution >= 0.6 is 7.82 Å². The van der Waals surface area contributed by atoms with Crippen LogP contribution < -0.4 is 10.5 Å². The zero-order valence-corrected chi connectivity index (χ0v) is 23.4. The highest BCUT2D eigenvalue weighted by Gasteiger charge is 2.36. The van der Waals surface area contributed by atoms with Gasteiger partial charge in [0.2, 0.25) is 0 Å². The molecule has 42 heavy (non-hydrogen) atoms. The first-order valence-electron chi connectivity index (χ1n) is 13.9. The highest BCUT2D eigenvalue weighted by atomic mass is 31.2. The van der Waals surface area contributed by atoms with Crippen molar-refractivity contribution in [1.29, 1.82) is 0 Å². The van der Waals surface area contributed by atoms with Gasteiger partial charge in [-0.15, -0.1) is 0 Å². The topological polar surface area (TPSA) is 152 Å². The number of aliphatic hydroxyl groups is 1. The third-order valence-electron chi connectivity index (χ3n) is 7.99. The highest BCUT2D eigenvalue weighted by molar-refractivity contribution is 7.45. The second kappa shape index (κ2) is 10.9. The summed E-state index contributed by atoms with van der Waals surface area (Å²) in [4.78, 5) is 34.9. The van der Waals surface area contributed by atoms with Gasteiger partial charge in [-0.25, -0.2) is 9.97 Å². The molecule has 1 fully saturated rings. The molecule has 0 spiro atoms. The SMILES string of the molecule is O=c1[nH]cnc2c1ncn2[C@H]1CC(O)[C@@H](COP(=O)([O-])OCCCCc2ccc3ccc4cccc5ccc2c3c45)O1. The summed E-state index contributed by atoms with van der Waals surface area (Å²) in [7, 11) is -4.61. The van der Waals surface area contributed by atoms with Gasteiger partial charge in [0.15, 0.2) is 11.2 Å². The van der Waals surface area contributed by atoms with E-state index in [1.807, 2.05) is 0 Å². The molecule has 2 N–H and O–H groups in total. The molecular formula is C30H28N4O7P-. The molecule has 1 saturated heterocycles. The summed E-state index contributed by atoms with van der Waals surface area (Å²) in [6.45, 7) is -0.410. The van der Waals surface area contributed by atoms with E-state index < -0.39 is 38.4 Å². The van der Waals surface area contributed by atoms with Crippen LogP contribution in [0.5, 0.6) is 0 Å². The van der Waals surface area contributed by atoms with Gasteiger partial charge in [0.1, 0.15) is 12.3 Å². The van der Waals surface area contributed by atoms with E-state index in [4.69, 9.17) is 13.8 Å². The van der Waals surface area contributed by atoms with Crippen LogP contribution in [0.2, 0.25) is 0 Å². The third-order valence-corrected chi connectivity index (χ3v) is 8.95. The van der Waals surface area contributed by atoms with E-state index in [-0.39, 0.29) is 18.5 Å². The Morgan fingerprint density at radius 2 is 1.79 bits per heavy atom. The molecule has 0 radical (unpaired) electrons. The lowest BCUT2D eigenvalue weighted by molar-refractivity contribution is -0.228. The number of aromatic amines is 1. The fourth-order valence-corrected chi connectivity index (χ4v) is 6.68. The number of nitrogens with zero attached hydrogens (tertiary/aromatic N) is 3. The van der Waals surface area contributed by atoms with Crippen LogP contribution in [0, 0.1) is 0 Å². The van der Waals surface area contributed by atoms with E-state index in [2.05, 4.69) is 69.5 Å². The number of hydrogen-bond donors (Lipinski definition) is 2. The molecule has 0 aliphatic carbocycles. The van der Waals surface area contributed by atoms with Crippen LogP contribution in [0.15, 0.2) is 72.0 Å². The van der Waals surface area contributed by atoms with Crippen LogP contribution in [-0.2, 0) is 24.8 Å². The Balaban J connectivity index is 0.921. The number of fused-ring (bicyclic) bond motifs is 1. The second-order valence-electron chi connectivity index (χ2n) is 10.6. The van der Waals surface area contributed by atoms with Gasteiger partial charge in [0.05, 0.1) is 32.0 Å². The number of benzene rings is 4. The Labute approximate surface area is 239 Å². The second-order valence-corrected chi connectivity index (χ2v) is 12.0. The maximum absolute atomic E-state index is 12.4. The molecule has 1 aliphatic heterocycles. The fraction of sp³-hybridized carbons (Fsp3) is 0.300. The summed E-state index contributed by atoms with van der Waals surface area (Å²) in [5.41, 5.74) is 1.27. The van der Waals surface area contributed by atoms with E-state index in [1.54, 1.807) is 0 Å². The van der Waals surface area contributed by atoms with E-state index >= 15 is 0 Å². The minimum Gasteiger partial charge on any atom is -0.756 e. The Hall–Kier alpha value is -3.70. The summed E-state index contributed by atoms with van der Waals surface area (Å²) in [6.07, 6.45) is 2.29. The number of phosphoric ester groups is 1. The van der Waals surface area contributed by atoms with Gasteiger partial charge in [0, 0.05) is 6.42 Å². The van der Waals surface area contributed by atoms with Crippen LogP contribution in [0.4, 0.5) is 0 Å². The molecule has 0 amide bonds. The molecule has 4 atom stereocenters. The van der Waals surface area contributed by atoms with Crippen LogP contribution in [0.1, 0.15) is 31.1 Å². The van der Waals surface area contributed by atoms with Gasteiger partial charge in [-0.05, 0) is 57.1 Å². The zero-order valence-electron chi connectivity index (χ0n) is 22.5. The number of unbranched alkanes of at least 4 members (excludes halogenated alkanes) is 1. The molecule has 6 aromatic rings. The van der Waals surface area contributed by atoms with E-state index in [0.717, 1.165) is 12.8 Å². The number of aryl methyl sites for hydroxylation is 1. The summed E-state index contributed by atoms with van der Waals surface area (Å²) in [6, 6.07) is 19.3. The molecular weight excluding hydrogens is 559 g/mol. The van der Waals surface area contributed by atoms with Crippen molar-refractivity contribution in [2.24, 2.45) is 0 Å². The maximum Gasteiger partial charge on any atom is 0.278 e. The van der Waals surface area contributed by atoms with Crippen molar-refractivity contribution in [2.75, 3.05) is 13.2 Å². The Kier molecular flexibility index (Phi) is 7.02. The number of hydrogen-bond acceptors (Lipinski definition) is 9. The molecule has 0 saturated carbocycles. The molecule has 11 nitrogen and oxygen atoms in total. The van der Waals surface area contributed by atoms with Gasteiger partial charge >= 0.3 is 0 Å². The maximum atomic E-state index is 12.4. The first kappa shape index (κ1) is 27.2. The Morgan fingerprint density at radius 3 is 2.62 bits per heavy atom. The first-order valence-corrected chi connectivity index (χ1v) is 15.3.